The van der Waals surface area contributed by atoms with Crippen molar-refractivity contribution in [3.05, 3.63) is 55.1 Å². The molecule has 0 aromatic carbocycles. The van der Waals surface area contributed by atoms with E-state index >= 15 is 0 Å². The van der Waals surface area contributed by atoms with Gasteiger partial charge in [0, 0.05) is 26.2 Å². The van der Waals surface area contributed by atoms with Crippen molar-refractivity contribution >= 4 is 33.4 Å². The van der Waals surface area contributed by atoms with Gasteiger partial charge in [0.1, 0.15) is 9.71 Å². The molecule has 3 heterocycles. The van der Waals surface area contributed by atoms with Gasteiger partial charge >= 0.3 is 11.9 Å². The smallest absolute Gasteiger partial charge is 0.353 e. The van der Waals surface area contributed by atoms with E-state index in [0.717, 1.165) is 23.3 Å². The van der Waals surface area contributed by atoms with E-state index in [-0.39, 0.29) is 26.1 Å². The molecule has 14 heteroatoms. The molecule has 1 saturated heterocycles. The highest BCUT2D eigenvalue weighted by atomic mass is 32.1. The van der Waals surface area contributed by atoms with Crippen LogP contribution in [-0.4, -0.2) is 51.7 Å². The predicted molar refractivity (Wildman–Crippen MR) is 126 cm³/mol. The Hall–Kier alpha value is -3.29. The topological polar surface area (TPSA) is 93.4 Å². The molecule has 0 atom stereocenters. The van der Waals surface area contributed by atoms with E-state index in [2.05, 4.69) is 5.32 Å². The summed E-state index contributed by atoms with van der Waals surface area (Å²) in [5, 5.41) is 1.84. The highest BCUT2D eigenvalue weighted by Crippen LogP contribution is 2.37. The minimum Gasteiger partial charge on any atom is -0.353 e. The zero-order valence-electron chi connectivity index (χ0n) is 19.4. The van der Waals surface area contributed by atoms with Gasteiger partial charge in [-0.1, -0.05) is 23.8 Å². The molecule has 1 aliphatic carbocycles. The van der Waals surface area contributed by atoms with Crippen LogP contribution < -0.4 is 16.6 Å². The molecule has 0 saturated carbocycles. The number of carbonyl (C=O) groups is 2. The van der Waals surface area contributed by atoms with Gasteiger partial charge in [0.05, 0.1) is 23.9 Å². The molecule has 8 nitrogen and oxygen atoms in total. The van der Waals surface area contributed by atoms with Gasteiger partial charge in [-0.3, -0.25) is 23.5 Å². The van der Waals surface area contributed by atoms with Gasteiger partial charge in [0.15, 0.2) is 0 Å². The largest absolute Gasteiger partial charge is 0.390 e. The van der Waals surface area contributed by atoms with Gasteiger partial charge < -0.3 is 10.2 Å². The summed E-state index contributed by atoms with van der Waals surface area (Å²) in [7, 11) is 0. The second kappa shape index (κ2) is 10.6. The molecule has 1 N–H and O–H groups in total. The molecule has 0 spiro atoms. The Kier molecular flexibility index (Phi) is 7.67. The van der Waals surface area contributed by atoms with E-state index in [1.165, 1.54) is 0 Å². The Morgan fingerprint density at radius 2 is 1.86 bits per heavy atom. The number of nitrogens with one attached hydrogen (secondary N) is 1. The maximum atomic E-state index is 14.3. The van der Waals surface area contributed by atoms with Crippen LogP contribution in [0.5, 0.6) is 0 Å². The lowest BCUT2D eigenvalue weighted by molar-refractivity contribution is -0.136. The first-order chi connectivity index (χ1) is 17.5. The maximum Gasteiger partial charge on any atom is 0.390 e. The Morgan fingerprint density at radius 1 is 1.11 bits per heavy atom. The second-order valence-electron chi connectivity index (χ2n) is 8.67. The van der Waals surface area contributed by atoms with Gasteiger partial charge in [-0.25, -0.2) is 13.6 Å². The monoisotopic (exact) mass is 546 g/mol. The number of hydrogen-bond acceptors (Lipinski definition) is 5. The van der Waals surface area contributed by atoms with Crippen LogP contribution in [0.3, 0.4) is 0 Å². The zero-order chi connectivity index (χ0) is 26.9. The SMILES string of the molecule is O=C1CN(C(=O)c2sc3c(c2C(F)F)c(=O)n(CCC2=CCCC=C2)c(=O)n3CCC(F)(F)F)CCN1. The van der Waals surface area contributed by atoms with Crippen molar-refractivity contribution in [2.45, 2.75) is 51.4 Å². The fourth-order valence-corrected chi connectivity index (χ4v) is 5.62. The van der Waals surface area contributed by atoms with E-state index in [9.17, 15) is 41.1 Å². The third kappa shape index (κ3) is 5.68. The Labute approximate surface area is 210 Å². The molecule has 0 bridgehead atoms. The van der Waals surface area contributed by atoms with Crippen LogP contribution in [0.15, 0.2) is 33.4 Å². The number of amides is 2. The lowest BCUT2D eigenvalue weighted by Gasteiger charge is -2.26. The minimum absolute atomic E-state index is 0.0231. The summed E-state index contributed by atoms with van der Waals surface area (Å²) in [5.74, 6) is -1.46. The van der Waals surface area contributed by atoms with Crippen LogP contribution in [0.2, 0.25) is 0 Å². The number of aromatic nitrogens is 2. The number of thiophene rings is 1. The summed E-state index contributed by atoms with van der Waals surface area (Å²) >= 11 is 0.372. The van der Waals surface area contributed by atoms with Crippen molar-refractivity contribution in [2.24, 2.45) is 0 Å². The van der Waals surface area contributed by atoms with Gasteiger partial charge in [-0.15, -0.1) is 11.3 Å². The highest BCUT2D eigenvalue weighted by Gasteiger charge is 2.34. The van der Waals surface area contributed by atoms with Crippen molar-refractivity contribution in [1.29, 1.82) is 0 Å². The summed E-state index contributed by atoms with van der Waals surface area (Å²) in [6, 6.07) is 0. The average Bonchev–Trinajstić information content (AvgIpc) is 3.24. The highest BCUT2D eigenvalue weighted by molar-refractivity contribution is 7.20. The van der Waals surface area contributed by atoms with Crippen LogP contribution in [0.25, 0.3) is 10.2 Å². The van der Waals surface area contributed by atoms with Crippen LogP contribution in [0, 0.1) is 0 Å². The molecule has 1 aliphatic heterocycles. The fourth-order valence-electron chi connectivity index (χ4n) is 4.33. The number of aryl methyl sites for hydroxylation is 1. The number of piperazine rings is 1. The molecule has 0 unspecified atom stereocenters. The number of carbonyl (C=O) groups excluding carboxylic acids is 2. The molecule has 2 aliphatic rings. The lowest BCUT2D eigenvalue weighted by atomic mass is 10.0. The maximum absolute atomic E-state index is 14.3. The third-order valence-corrected chi connectivity index (χ3v) is 7.36. The van der Waals surface area contributed by atoms with E-state index in [1.54, 1.807) is 6.08 Å². The molecule has 2 aromatic rings. The first kappa shape index (κ1) is 26.8. The van der Waals surface area contributed by atoms with Gasteiger partial charge in [-0.2, -0.15) is 13.2 Å². The number of fused-ring (bicyclic) bond motifs is 1. The number of halogens is 5. The summed E-state index contributed by atoms with van der Waals surface area (Å²) in [4.78, 5) is 51.4. The summed E-state index contributed by atoms with van der Waals surface area (Å²) in [6.45, 7) is -1.43. The standard InChI is InChI=1S/C23H23F5N4O4S/c24-18(25)15-16-19(34)31(9-6-13-4-2-1-3-5-13)22(36)32(10-7-23(26,27)28)21(16)37-17(15)20(35)30-11-8-29-14(33)12-30/h2,4-5,18H,1,3,6-12H2,(H,29,33). The molecule has 1 fully saturated rings. The van der Waals surface area contributed by atoms with Crippen LogP contribution in [-0.2, 0) is 17.9 Å². The molecule has 200 valence electrons. The van der Waals surface area contributed by atoms with E-state index in [0.29, 0.717) is 20.5 Å². The first-order valence-corrected chi connectivity index (χ1v) is 12.4. The average molecular weight is 547 g/mol. The quantitative estimate of drug-likeness (QED) is 0.540. The Bertz CT molecular complexity index is 1400. The number of rotatable bonds is 7. The Balaban J connectivity index is 1.88. The summed E-state index contributed by atoms with van der Waals surface area (Å²) in [6.07, 6.45) is -2.07. The Morgan fingerprint density at radius 3 is 2.49 bits per heavy atom. The molecule has 0 radical (unpaired) electrons. The number of allylic oxidation sites excluding steroid dienone is 4. The molecule has 4 rings (SSSR count). The van der Waals surface area contributed by atoms with Crippen molar-refractivity contribution in [3.63, 3.8) is 0 Å². The van der Waals surface area contributed by atoms with Crippen molar-refractivity contribution in [1.82, 2.24) is 19.4 Å². The van der Waals surface area contributed by atoms with Crippen molar-refractivity contribution in [3.8, 4) is 0 Å². The molecule has 2 amide bonds. The number of nitrogens with zero attached hydrogens (tertiary/aromatic N) is 3. The molecular weight excluding hydrogens is 523 g/mol. The van der Waals surface area contributed by atoms with Crippen LogP contribution >= 0.6 is 11.3 Å². The number of alkyl halides is 5. The van der Waals surface area contributed by atoms with Crippen LogP contribution in [0.4, 0.5) is 22.0 Å². The van der Waals surface area contributed by atoms with E-state index in [1.807, 2.05) is 12.2 Å². The van der Waals surface area contributed by atoms with Crippen molar-refractivity contribution in [2.75, 3.05) is 19.6 Å². The van der Waals surface area contributed by atoms with Gasteiger partial charge in [0.25, 0.3) is 17.9 Å². The third-order valence-electron chi connectivity index (χ3n) is 6.15. The normalized spacial score (nSPS) is 16.4. The summed E-state index contributed by atoms with van der Waals surface area (Å²) in [5.41, 5.74) is -2.29. The first-order valence-electron chi connectivity index (χ1n) is 11.5. The van der Waals surface area contributed by atoms with Gasteiger partial charge in [-0.05, 0) is 19.3 Å². The number of hydrogen-bond donors (Lipinski definition) is 1. The second-order valence-corrected chi connectivity index (χ2v) is 9.67. The molecule has 37 heavy (non-hydrogen) atoms. The zero-order valence-corrected chi connectivity index (χ0v) is 20.3. The minimum atomic E-state index is -4.66. The van der Waals surface area contributed by atoms with Crippen LogP contribution in [0.1, 0.15) is 47.3 Å². The molecular formula is C23H23F5N4O4S. The van der Waals surface area contributed by atoms with Gasteiger partial charge in [0.2, 0.25) is 5.91 Å². The molecule has 2 aromatic heterocycles. The predicted octanol–water partition coefficient (Wildman–Crippen LogP) is 3.35. The lowest BCUT2D eigenvalue weighted by Crippen LogP contribution is -2.50. The summed E-state index contributed by atoms with van der Waals surface area (Å²) < 4.78 is 69.1. The van der Waals surface area contributed by atoms with E-state index in [4.69, 9.17) is 0 Å². The fraction of sp³-hybridized carbons (Fsp3) is 0.478. The van der Waals surface area contributed by atoms with Crippen molar-refractivity contribution < 1.29 is 31.5 Å². The van der Waals surface area contributed by atoms with E-state index < -0.39 is 75.8 Å².